The molecule has 0 rings (SSSR count). The molecule has 0 N–H and O–H groups in total. The van der Waals surface area contributed by atoms with Crippen molar-refractivity contribution in [1.29, 1.82) is 0 Å². The van der Waals surface area contributed by atoms with Crippen molar-refractivity contribution in [1.82, 2.24) is 9.80 Å². The highest BCUT2D eigenvalue weighted by Gasteiger charge is 2.03. The lowest BCUT2D eigenvalue weighted by molar-refractivity contribution is 0.418. The van der Waals surface area contributed by atoms with Gasteiger partial charge in [0.1, 0.15) is 0 Å². The SMILES string of the molecule is CC(C)C(=S)N(C)C.CCC(=S)N(C)C(C)C. The fraction of sp³-hybridized carbons (Fsp3) is 0.846. The van der Waals surface area contributed by atoms with Crippen molar-refractivity contribution in [3.8, 4) is 0 Å². The van der Waals surface area contributed by atoms with Crippen LogP contribution in [0.1, 0.15) is 41.0 Å². The van der Waals surface area contributed by atoms with Gasteiger partial charge in [0.2, 0.25) is 0 Å². The molecular weight excluding hydrogens is 248 g/mol. The van der Waals surface area contributed by atoms with Crippen LogP contribution >= 0.6 is 24.4 Å². The third-order valence-electron chi connectivity index (χ3n) is 2.41. The first-order chi connectivity index (χ1) is 7.64. The van der Waals surface area contributed by atoms with E-state index in [1.54, 1.807) is 0 Å². The smallest absolute Gasteiger partial charge is 0.0799 e. The molecule has 0 saturated carbocycles. The molecule has 0 atom stereocenters. The van der Waals surface area contributed by atoms with Crippen LogP contribution in [0.3, 0.4) is 0 Å². The summed E-state index contributed by atoms with van der Waals surface area (Å²) < 4.78 is 0. The van der Waals surface area contributed by atoms with E-state index >= 15 is 0 Å². The summed E-state index contributed by atoms with van der Waals surface area (Å²) in [5.74, 6) is 0.500. The highest BCUT2D eigenvalue weighted by Crippen LogP contribution is 1.98. The molecule has 0 aliphatic heterocycles. The Balaban J connectivity index is 0. The summed E-state index contributed by atoms with van der Waals surface area (Å²) in [6.45, 7) is 10.6. The summed E-state index contributed by atoms with van der Waals surface area (Å²) in [6.07, 6.45) is 0.976. The third kappa shape index (κ3) is 9.48. The van der Waals surface area contributed by atoms with Crippen molar-refractivity contribution in [2.75, 3.05) is 21.1 Å². The Bertz CT molecular complexity index is 226. The Labute approximate surface area is 118 Å². The van der Waals surface area contributed by atoms with E-state index in [-0.39, 0.29) is 0 Å². The lowest BCUT2D eigenvalue weighted by Gasteiger charge is -2.23. The van der Waals surface area contributed by atoms with Gasteiger partial charge in [0.25, 0.3) is 0 Å². The van der Waals surface area contributed by atoms with Gasteiger partial charge in [-0.3, -0.25) is 0 Å². The van der Waals surface area contributed by atoms with Gasteiger partial charge >= 0.3 is 0 Å². The van der Waals surface area contributed by atoms with E-state index in [2.05, 4.69) is 39.5 Å². The predicted molar refractivity (Wildman–Crippen MR) is 86.9 cm³/mol. The number of rotatable bonds is 3. The highest BCUT2D eigenvalue weighted by molar-refractivity contribution is 7.80. The van der Waals surface area contributed by atoms with Crippen LogP contribution < -0.4 is 0 Å². The van der Waals surface area contributed by atoms with E-state index in [1.165, 1.54) is 0 Å². The monoisotopic (exact) mass is 276 g/mol. The summed E-state index contributed by atoms with van der Waals surface area (Å²) in [7, 11) is 5.99. The van der Waals surface area contributed by atoms with Crippen molar-refractivity contribution in [3.63, 3.8) is 0 Å². The predicted octanol–water partition coefficient (Wildman–Crippen LogP) is 3.60. The fourth-order valence-electron chi connectivity index (χ4n) is 1.05. The Morgan fingerprint density at radius 1 is 1.00 bits per heavy atom. The Hall–Kier alpha value is -0.220. The molecule has 0 aromatic rings. The summed E-state index contributed by atoms with van der Waals surface area (Å²) >= 11 is 10.1. The van der Waals surface area contributed by atoms with Crippen molar-refractivity contribution >= 4 is 34.4 Å². The van der Waals surface area contributed by atoms with E-state index in [9.17, 15) is 0 Å². The van der Waals surface area contributed by atoms with Gasteiger partial charge in [0.05, 0.1) is 9.98 Å². The molecule has 2 nitrogen and oxygen atoms in total. The van der Waals surface area contributed by atoms with E-state index in [0.717, 1.165) is 16.4 Å². The van der Waals surface area contributed by atoms with Crippen molar-refractivity contribution in [2.45, 2.75) is 47.1 Å². The van der Waals surface area contributed by atoms with Gasteiger partial charge in [0.15, 0.2) is 0 Å². The second-order valence-corrected chi connectivity index (χ2v) is 5.73. The molecule has 0 amide bonds. The van der Waals surface area contributed by atoms with Crippen LogP contribution in [-0.4, -0.2) is 47.0 Å². The van der Waals surface area contributed by atoms with Gasteiger partial charge in [-0.05, 0) is 20.3 Å². The second kappa shape index (κ2) is 9.77. The maximum Gasteiger partial charge on any atom is 0.0799 e. The molecule has 0 radical (unpaired) electrons. The largest absolute Gasteiger partial charge is 0.372 e. The molecule has 0 spiro atoms. The van der Waals surface area contributed by atoms with E-state index in [4.69, 9.17) is 24.4 Å². The highest BCUT2D eigenvalue weighted by atomic mass is 32.1. The van der Waals surface area contributed by atoms with Crippen LogP contribution in [0, 0.1) is 5.92 Å². The second-order valence-electron chi connectivity index (χ2n) is 4.84. The van der Waals surface area contributed by atoms with E-state index in [0.29, 0.717) is 12.0 Å². The molecule has 0 fully saturated rings. The normalized spacial score (nSPS) is 9.76. The molecule has 0 saturated heterocycles. The van der Waals surface area contributed by atoms with Crippen LogP contribution in [0.4, 0.5) is 0 Å². The Kier molecular flexibility index (Phi) is 11.0. The van der Waals surface area contributed by atoms with Crippen LogP contribution in [0.2, 0.25) is 0 Å². The van der Waals surface area contributed by atoms with Gasteiger partial charge < -0.3 is 9.80 Å². The molecule has 102 valence electrons. The lowest BCUT2D eigenvalue weighted by atomic mass is 10.2. The summed E-state index contributed by atoms with van der Waals surface area (Å²) in [4.78, 5) is 6.16. The zero-order chi connectivity index (χ0) is 14.2. The number of hydrogen-bond donors (Lipinski definition) is 0. The van der Waals surface area contributed by atoms with Crippen LogP contribution in [0.5, 0.6) is 0 Å². The molecule has 0 aromatic carbocycles. The topological polar surface area (TPSA) is 6.48 Å². The average Bonchev–Trinajstić information content (AvgIpc) is 2.26. The van der Waals surface area contributed by atoms with Crippen molar-refractivity contribution in [2.24, 2.45) is 5.92 Å². The minimum absolute atomic E-state index is 0.500. The zero-order valence-electron chi connectivity index (χ0n) is 12.6. The fourth-order valence-corrected chi connectivity index (χ4v) is 1.26. The maximum atomic E-state index is 5.08. The van der Waals surface area contributed by atoms with Gasteiger partial charge in [-0.15, -0.1) is 0 Å². The molecule has 0 heterocycles. The molecule has 0 aliphatic rings. The molecule has 0 aromatic heterocycles. The van der Waals surface area contributed by atoms with Crippen LogP contribution in [0.25, 0.3) is 0 Å². The molecule has 0 bridgehead atoms. The Morgan fingerprint density at radius 2 is 1.41 bits per heavy atom. The summed E-state index contributed by atoms with van der Waals surface area (Å²) in [5.41, 5.74) is 0. The van der Waals surface area contributed by atoms with Gasteiger partial charge in [0, 0.05) is 33.1 Å². The van der Waals surface area contributed by atoms with E-state index in [1.807, 2.05) is 26.0 Å². The molecule has 0 aliphatic carbocycles. The van der Waals surface area contributed by atoms with Gasteiger partial charge in [-0.1, -0.05) is 45.2 Å². The first-order valence-corrected chi connectivity index (χ1v) is 6.93. The molecule has 17 heavy (non-hydrogen) atoms. The average molecular weight is 277 g/mol. The maximum absolute atomic E-state index is 5.08. The van der Waals surface area contributed by atoms with Crippen LogP contribution in [-0.2, 0) is 0 Å². The van der Waals surface area contributed by atoms with E-state index < -0.39 is 0 Å². The first kappa shape index (κ1) is 19.1. The van der Waals surface area contributed by atoms with Crippen LogP contribution in [0.15, 0.2) is 0 Å². The molecule has 0 unspecified atom stereocenters. The third-order valence-corrected chi connectivity index (χ3v) is 3.82. The Morgan fingerprint density at radius 3 is 1.47 bits per heavy atom. The summed E-state index contributed by atoms with van der Waals surface area (Å²) in [6, 6.07) is 0.539. The minimum atomic E-state index is 0.500. The lowest BCUT2D eigenvalue weighted by Crippen LogP contribution is -2.30. The quantitative estimate of drug-likeness (QED) is 0.726. The number of nitrogens with zero attached hydrogens (tertiary/aromatic N) is 2. The summed E-state index contributed by atoms with van der Waals surface area (Å²) in [5, 5.41) is 0. The standard InChI is InChI=1S/C7H15NS.C6H13NS/c1-5-7(9)8(4)6(2)3;1-5(2)6(8)7(3)4/h6H,5H2,1-4H3;5H,1-4H3. The molecule has 4 heteroatoms. The van der Waals surface area contributed by atoms with Gasteiger partial charge in [-0.2, -0.15) is 0 Å². The zero-order valence-corrected chi connectivity index (χ0v) is 14.2. The first-order valence-electron chi connectivity index (χ1n) is 6.11. The number of hydrogen-bond acceptors (Lipinski definition) is 2. The van der Waals surface area contributed by atoms with Crippen molar-refractivity contribution in [3.05, 3.63) is 0 Å². The minimum Gasteiger partial charge on any atom is -0.372 e. The number of thiocarbonyl (C=S) groups is 2. The van der Waals surface area contributed by atoms with Crippen molar-refractivity contribution < 1.29 is 0 Å². The molecular formula is C13H28N2S2. The van der Waals surface area contributed by atoms with Gasteiger partial charge in [-0.25, -0.2) is 0 Å².